The van der Waals surface area contributed by atoms with Gasteiger partial charge in [0, 0.05) is 25.0 Å². The molecule has 1 aliphatic heterocycles. The second-order valence-corrected chi connectivity index (χ2v) is 5.13. The van der Waals surface area contributed by atoms with Crippen molar-refractivity contribution in [2.24, 2.45) is 0 Å². The molecule has 0 aliphatic carbocycles. The fourth-order valence-electron chi connectivity index (χ4n) is 2.16. The van der Waals surface area contributed by atoms with Gasteiger partial charge in [0.05, 0.1) is 25.3 Å². The van der Waals surface area contributed by atoms with E-state index in [-0.39, 0.29) is 18.4 Å². The summed E-state index contributed by atoms with van der Waals surface area (Å²) in [7, 11) is 0. The number of carboxylic acids is 1. The minimum Gasteiger partial charge on any atom is -0.481 e. The summed E-state index contributed by atoms with van der Waals surface area (Å²) in [6.45, 7) is 6.47. The van der Waals surface area contributed by atoms with E-state index in [4.69, 9.17) is 14.3 Å². The number of ether oxygens (including phenoxy) is 1. The number of nitrogens with zero attached hydrogens (tertiary/aromatic N) is 2. The molecule has 1 atom stereocenters. The minimum atomic E-state index is -0.802. The van der Waals surface area contributed by atoms with Gasteiger partial charge in [0.15, 0.2) is 5.89 Å². The lowest BCUT2D eigenvalue weighted by molar-refractivity contribution is -0.140. The molecule has 2 heterocycles. The highest BCUT2D eigenvalue weighted by Crippen LogP contribution is 2.17. The van der Waals surface area contributed by atoms with Gasteiger partial charge >= 0.3 is 5.97 Å². The van der Waals surface area contributed by atoms with Gasteiger partial charge in [0.1, 0.15) is 6.26 Å². The van der Waals surface area contributed by atoms with E-state index in [0.717, 1.165) is 18.1 Å². The van der Waals surface area contributed by atoms with E-state index in [1.165, 1.54) is 0 Å². The maximum Gasteiger partial charge on any atom is 0.305 e. The molecule has 0 aromatic carbocycles. The SMILES string of the molecule is CC(C)c1nc(CN2CCOC[C@H]2CC(=O)O)co1. The number of hydrogen-bond acceptors (Lipinski definition) is 5. The highest BCUT2D eigenvalue weighted by molar-refractivity contribution is 5.67. The minimum absolute atomic E-state index is 0.0922. The van der Waals surface area contributed by atoms with Gasteiger partial charge in [-0.3, -0.25) is 9.69 Å². The lowest BCUT2D eigenvalue weighted by atomic mass is 10.1. The molecular weight excluding hydrogens is 248 g/mol. The van der Waals surface area contributed by atoms with Crippen molar-refractivity contribution in [1.29, 1.82) is 0 Å². The maximum atomic E-state index is 10.8. The van der Waals surface area contributed by atoms with Crippen LogP contribution in [0.25, 0.3) is 0 Å². The monoisotopic (exact) mass is 268 g/mol. The Morgan fingerprint density at radius 2 is 2.42 bits per heavy atom. The lowest BCUT2D eigenvalue weighted by Gasteiger charge is -2.34. The number of aliphatic carboxylic acids is 1. The molecule has 1 aliphatic rings. The van der Waals surface area contributed by atoms with Crippen LogP contribution >= 0.6 is 0 Å². The summed E-state index contributed by atoms with van der Waals surface area (Å²) >= 11 is 0. The van der Waals surface area contributed by atoms with Crippen molar-refractivity contribution in [2.45, 2.75) is 38.8 Å². The second kappa shape index (κ2) is 6.16. The zero-order chi connectivity index (χ0) is 13.8. The Hall–Kier alpha value is -1.40. The molecule has 1 saturated heterocycles. The van der Waals surface area contributed by atoms with E-state index in [2.05, 4.69) is 9.88 Å². The quantitative estimate of drug-likeness (QED) is 0.871. The van der Waals surface area contributed by atoms with Gasteiger partial charge in [-0.1, -0.05) is 13.8 Å². The van der Waals surface area contributed by atoms with Crippen molar-refractivity contribution in [3.63, 3.8) is 0 Å². The Kier molecular flexibility index (Phi) is 4.55. The number of carbonyl (C=O) groups is 1. The highest BCUT2D eigenvalue weighted by atomic mass is 16.5. The van der Waals surface area contributed by atoms with Crippen LogP contribution in [0.2, 0.25) is 0 Å². The summed E-state index contributed by atoms with van der Waals surface area (Å²) in [6, 6.07) is -0.0922. The zero-order valence-electron chi connectivity index (χ0n) is 11.3. The molecule has 1 aromatic heterocycles. The fraction of sp³-hybridized carbons (Fsp3) is 0.692. The summed E-state index contributed by atoms with van der Waals surface area (Å²) in [6.07, 6.45) is 1.75. The molecule has 1 aromatic rings. The van der Waals surface area contributed by atoms with Gasteiger partial charge in [-0.05, 0) is 0 Å². The first-order valence-corrected chi connectivity index (χ1v) is 6.54. The molecule has 0 bridgehead atoms. The number of hydrogen-bond donors (Lipinski definition) is 1. The predicted octanol–water partition coefficient (Wildman–Crippen LogP) is 1.47. The van der Waals surface area contributed by atoms with Crippen molar-refractivity contribution < 1.29 is 19.1 Å². The van der Waals surface area contributed by atoms with Crippen LogP contribution in [0, 0.1) is 0 Å². The van der Waals surface area contributed by atoms with Crippen LogP contribution in [-0.2, 0) is 16.1 Å². The molecule has 1 fully saturated rings. The van der Waals surface area contributed by atoms with Crippen molar-refractivity contribution in [1.82, 2.24) is 9.88 Å². The zero-order valence-corrected chi connectivity index (χ0v) is 11.3. The van der Waals surface area contributed by atoms with Crippen LogP contribution in [0.15, 0.2) is 10.7 Å². The van der Waals surface area contributed by atoms with Gasteiger partial charge in [0.25, 0.3) is 0 Å². The van der Waals surface area contributed by atoms with Gasteiger partial charge in [-0.25, -0.2) is 4.98 Å². The normalized spacial score (nSPS) is 20.9. The van der Waals surface area contributed by atoms with Gasteiger partial charge in [-0.2, -0.15) is 0 Å². The molecular formula is C13H20N2O4. The Balaban J connectivity index is 1.99. The number of rotatable bonds is 5. The third-order valence-electron chi connectivity index (χ3n) is 3.19. The van der Waals surface area contributed by atoms with Crippen molar-refractivity contribution in [3.8, 4) is 0 Å². The Bertz CT molecular complexity index is 430. The summed E-state index contributed by atoms with van der Waals surface area (Å²) in [5.41, 5.74) is 0.848. The number of aromatic nitrogens is 1. The third-order valence-corrected chi connectivity index (χ3v) is 3.19. The highest BCUT2D eigenvalue weighted by Gasteiger charge is 2.26. The first kappa shape index (κ1) is 14.0. The van der Waals surface area contributed by atoms with Gasteiger partial charge < -0.3 is 14.3 Å². The van der Waals surface area contributed by atoms with Crippen LogP contribution in [0.5, 0.6) is 0 Å². The number of carboxylic acid groups (broad SMARTS) is 1. The Labute approximate surface area is 112 Å². The molecule has 0 unspecified atom stereocenters. The average molecular weight is 268 g/mol. The summed E-state index contributed by atoms with van der Waals surface area (Å²) in [5, 5.41) is 8.91. The molecule has 0 saturated carbocycles. The number of oxazole rings is 1. The van der Waals surface area contributed by atoms with Crippen LogP contribution in [-0.4, -0.2) is 46.8 Å². The Morgan fingerprint density at radius 1 is 1.63 bits per heavy atom. The molecule has 0 spiro atoms. The standard InChI is InChI=1S/C13H20N2O4/c1-9(2)13-14-10(7-19-13)6-15-3-4-18-8-11(15)5-12(16)17/h7,9,11H,3-6,8H2,1-2H3,(H,16,17)/t11-/m1/s1. The number of morpholine rings is 1. The maximum absolute atomic E-state index is 10.8. The van der Waals surface area contributed by atoms with Gasteiger partial charge in [0.2, 0.25) is 0 Å². The van der Waals surface area contributed by atoms with Gasteiger partial charge in [-0.15, -0.1) is 0 Å². The first-order chi connectivity index (χ1) is 9.06. The summed E-state index contributed by atoms with van der Waals surface area (Å²) in [4.78, 5) is 17.4. The van der Waals surface area contributed by atoms with E-state index < -0.39 is 5.97 Å². The average Bonchev–Trinajstić information content (AvgIpc) is 2.80. The van der Waals surface area contributed by atoms with E-state index in [9.17, 15) is 4.79 Å². The molecule has 6 heteroatoms. The van der Waals surface area contributed by atoms with E-state index in [1.54, 1.807) is 6.26 Å². The summed E-state index contributed by atoms with van der Waals surface area (Å²) in [5.74, 6) is 0.176. The van der Waals surface area contributed by atoms with E-state index in [0.29, 0.717) is 19.8 Å². The van der Waals surface area contributed by atoms with Crippen molar-refractivity contribution in [2.75, 3.05) is 19.8 Å². The topological polar surface area (TPSA) is 75.8 Å². The summed E-state index contributed by atoms with van der Waals surface area (Å²) < 4.78 is 10.7. The third kappa shape index (κ3) is 3.78. The molecule has 0 radical (unpaired) electrons. The molecule has 2 rings (SSSR count). The second-order valence-electron chi connectivity index (χ2n) is 5.13. The molecule has 0 amide bonds. The van der Waals surface area contributed by atoms with Crippen LogP contribution in [0.4, 0.5) is 0 Å². The van der Waals surface area contributed by atoms with Crippen LogP contribution in [0.3, 0.4) is 0 Å². The first-order valence-electron chi connectivity index (χ1n) is 6.54. The molecule has 19 heavy (non-hydrogen) atoms. The predicted molar refractivity (Wildman–Crippen MR) is 67.9 cm³/mol. The van der Waals surface area contributed by atoms with Crippen molar-refractivity contribution >= 4 is 5.97 Å². The van der Waals surface area contributed by atoms with E-state index >= 15 is 0 Å². The van der Waals surface area contributed by atoms with Crippen LogP contribution < -0.4 is 0 Å². The van der Waals surface area contributed by atoms with Crippen molar-refractivity contribution in [3.05, 3.63) is 17.8 Å². The molecule has 106 valence electrons. The van der Waals surface area contributed by atoms with Crippen LogP contribution in [0.1, 0.15) is 37.8 Å². The fourth-order valence-corrected chi connectivity index (χ4v) is 2.16. The smallest absolute Gasteiger partial charge is 0.305 e. The molecule has 6 nitrogen and oxygen atoms in total. The Morgan fingerprint density at radius 3 is 3.05 bits per heavy atom. The largest absolute Gasteiger partial charge is 0.481 e. The van der Waals surface area contributed by atoms with E-state index in [1.807, 2.05) is 13.8 Å². The molecule has 1 N–H and O–H groups in total. The lowest BCUT2D eigenvalue weighted by Crippen LogP contribution is -2.45.